The Morgan fingerprint density at radius 1 is 1.24 bits per heavy atom. The van der Waals surface area contributed by atoms with Crippen LogP contribution in [0, 0.1) is 0 Å². The van der Waals surface area contributed by atoms with E-state index in [0.29, 0.717) is 22.8 Å². The molecule has 7 nitrogen and oxygen atoms in total. The summed E-state index contributed by atoms with van der Waals surface area (Å²) in [5.74, 6) is -2.19. The first-order valence-electron chi connectivity index (χ1n) is 8.86. The summed E-state index contributed by atoms with van der Waals surface area (Å²) in [6, 6.07) is 5.98. The van der Waals surface area contributed by atoms with Crippen molar-refractivity contribution in [3.05, 3.63) is 39.8 Å². The number of imide groups is 1. The van der Waals surface area contributed by atoms with Gasteiger partial charge in [-0.25, -0.2) is 0 Å². The first-order valence-corrected chi connectivity index (χ1v) is 10.5. The number of unbranched alkanes of at least 4 members (excludes halogenated alkanes) is 1. The molecule has 1 aromatic rings. The van der Waals surface area contributed by atoms with Gasteiger partial charge in [0.15, 0.2) is 0 Å². The summed E-state index contributed by atoms with van der Waals surface area (Å²) in [6.07, 6.45) is 2.27. The number of rotatable bonds is 7. The molecule has 2 aliphatic heterocycles. The molecule has 1 aromatic carbocycles. The number of thioether (sulfide) groups is 1. The van der Waals surface area contributed by atoms with Crippen molar-refractivity contribution in [2.45, 2.75) is 31.7 Å². The van der Waals surface area contributed by atoms with E-state index < -0.39 is 23.8 Å². The minimum atomic E-state index is -0.953. The number of amides is 3. The molecule has 2 fully saturated rings. The fourth-order valence-corrected chi connectivity index (χ4v) is 4.59. The third-order valence-corrected chi connectivity index (χ3v) is 6.13. The second-order valence-corrected chi connectivity index (χ2v) is 8.67. The normalized spacial score (nSPS) is 21.0. The summed E-state index contributed by atoms with van der Waals surface area (Å²) in [5.41, 5.74) is 0.767. The van der Waals surface area contributed by atoms with Crippen LogP contribution in [0.5, 0.6) is 0 Å². The Morgan fingerprint density at radius 2 is 1.93 bits per heavy atom. The second kappa shape index (κ2) is 9.06. The maximum atomic E-state index is 12.8. The van der Waals surface area contributed by atoms with Crippen LogP contribution in [0.25, 0.3) is 6.08 Å². The standard InChI is InChI=1S/C19H17ClN2O5S2/c20-12-6-4-11(5-7-12)9-14-18(27)22(19(28)29-14)13-10-15(23)21(17(13)26)8-2-1-3-16(24)25/h4-7,9,13H,1-3,8,10H2,(H,24,25)/b14-9-. The molecule has 2 aliphatic rings. The van der Waals surface area contributed by atoms with Crippen molar-refractivity contribution >= 4 is 69.7 Å². The largest absolute Gasteiger partial charge is 0.481 e. The molecule has 0 radical (unpaired) electrons. The number of carbonyl (C=O) groups excluding carboxylic acids is 3. The zero-order chi connectivity index (χ0) is 21.1. The number of carbonyl (C=O) groups is 4. The number of carboxylic acid groups (broad SMARTS) is 1. The molecule has 0 bridgehead atoms. The van der Waals surface area contributed by atoms with Crippen LogP contribution < -0.4 is 0 Å². The lowest BCUT2D eigenvalue weighted by Crippen LogP contribution is -2.44. The summed E-state index contributed by atoms with van der Waals surface area (Å²) in [5, 5.41) is 9.25. The molecule has 0 spiro atoms. The number of aliphatic carboxylic acids is 1. The lowest BCUT2D eigenvalue weighted by molar-refractivity contribution is -0.141. The van der Waals surface area contributed by atoms with E-state index in [1.165, 1.54) is 4.90 Å². The van der Waals surface area contributed by atoms with E-state index in [2.05, 4.69) is 0 Å². The topological polar surface area (TPSA) is 95.0 Å². The van der Waals surface area contributed by atoms with Crippen molar-refractivity contribution in [2.24, 2.45) is 0 Å². The van der Waals surface area contributed by atoms with Crippen LogP contribution in [-0.4, -0.2) is 55.5 Å². The summed E-state index contributed by atoms with van der Waals surface area (Å²) in [4.78, 5) is 51.1. The quantitative estimate of drug-likeness (QED) is 0.294. The fraction of sp³-hybridized carbons (Fsp3) is 0.316. The zero-order valence-electron chi connectivity index (χ0n) is 15.2. The highest BCUT2D eigenvalue weighted by molar-refractivity contribution is 8.26. The number of nitrogens with zero attached hydrogens (tertiary/aromatic N) is 2. The number of thiocarbonyl (C=S) groups is 1. The highest BCUT2D eigenvalue weighted by atomic mass is 35.5. The Hall–Kier alpha value is -2.23. The van der Waals surface area contributed by atoms with Gasteiger partial charge in [-0.1, -0.05) is 47.7 Å². The molecule has 3 rings (SSSR count). The van der Waals surface area contributed by atoms with Crippen molar-refractivity contribution < 1.29 is 24.3 Å². The number of likely N-dealkylation sites (tertiary alicyclic amines) is 1. The predicted molar refractivity (Wildman–Crippen MR) is 113 cm³/mol. The lowest BCUT2D eigenvalue weighted by atomic mass is 10.2. The minimum Gasteiger partial charge on any atom is -0.481 e. The Balaban J connectivity index is 1.70. The summed E-state index contributed by atoms with van der Waals surface area (Å²) >= 11 is 12.2. The van der Waals surface area contributed by atoms with E-state index in [1.54, 1.807) is 30.3 Å². The van der Waals surface area contributed by atoms with Crippen molar-refractivity contribution in [1.29, 1.82) is 0 Å². The third-order valence-electron chi connectivity index (χ3n) is 4.55. The highest BCUT2D eigenvalue weighted by Gasteiger charge is 2.48. The van der Waals surface area contributed by atoms with Gasteiger partial charge in [0.2, 0.25) is 5.91 Å². The minimum absolute atomic E-state index is 0.0240. The van der Waals surface area contributed by atoms with Crippen LogP contribution in [0.15, 0.2) is 29.2 Å². The Kier molecular flexibility index (Phi) is 6.71. The lowest BCUT2D eigenvalue weighted by Gasteiger charge is -2.21. The van der Waals surface area contributed by atoms with E-state index in [4.69, 9.17) is 28.9 Å². The van der Waals surface area contributed by atoms with E-state index in [9.17, 15) is 19.2 Å². The van der Waals surface area contributed by atoms with Crippen molar-refractivity contribution in [3.8, 4) is 0 Å². The van der Waals surface area contributed by atoms with Crippen molar-refractivity contribution in [1.82, 2.24) is 9.80 Å². The van der Waals surface area contributed by atoms with E-state index in [-0.39, 0.29) is 29.6 Å². The molecule has 0 aliphatic carbocycles. The zero-order valence-corrected chi connectivity index (χ0v) is 17.6. The number of benzene rings is 1. The smallest absolute Gasteiger partial charge is 0.303 e. The maximum Gasteiger partial charge on any atom is 0.303 e. The number of hydrogen-bond donors (Lipinski definition) is 1. The predicted octanol–water partition coefficient (Wildman–Crippen LogP) is 2.92. The van der Waals surface area contributed by atoms with Crippen LogP contribution >= 0.6 is 35.6 Å². The summed E-state index contributed by atoms with van der Waals surface area (Å²) in [7, 11) is 0. The molecule has 29 heavy (non-hydrogen) atoms. The highest BCUT2D eigenvalue weighted by Crippen LogP contribution is 2.36. The Labute approximate surface area is 181 Å². The molecular formula is C19H17ClN2O5S2. The van der Waals surface area contributed by atoms with E-state index in [1.807, 2.05) is 0 Å². The van der Waals surface area contributed by atoms with Crippen LogP contribution in [0.4, 0.5) is 0 Å². The van der Waals surface area contributed by atoms with Gasteiger partial charge in [-0.2, -0.15) is 0 Å². The van der Waals surface area contributed by atoms with Crippen LogP contribution in [-0.2, 0) is 19.2 Å². The average Bonchev–Trinajstić information content (AvgIpc) is 3.09. The average molecular weight is 453 g/mol. The van der Waals surface area contributed by atoms with E-state index in [0.717, 1.165) is 22.2 Å². The molecule has 152 valence electrons. The van der Waals surface area contributed by atoms with Gasteiger partial charge in [-0.3, -0.25) is 29.0 Å². The first kappa shape index (κ1) is 21.5. The van der Waals surface area contributed by atoms with Crippen LogP contribution in [0.2, 0.25) is 5.02 Å². The van der Waals surface area contributed by atoms with Gasteiger partial charge in [-0.05, 0) is 36.6 Å². The summed E-state index contributed by atoms with van der Waals surface area (Å²) in [6.45, 7) is 0.136. The van der Waals surface area contributed by atoms with Gasteiger partial charge in [0.25, 0.3) is 11.8 Å². The second-order valence-electron chi connectivity index (χ2n) is 6.56. The molecule has 2 heterocycles. The monoisotopic (exact) mass is 452 g/mol. The van der Waals surface area contributed by atoms with Gasteiger partial charge in [0.1, 0.15) is 10.4 Å². The van der Waals surface area contributed by atoms with Gasteiger partial charge in [-0.15, -0.1) is 0 Å². The van der Waals surface area contributed by atoms with E-state index >= 15 is 0 Å². The molecule has 1 N–H and O–H groups in total. The fourth-order valence-electron chi connectivity index (χ4n) is 3.11. The van der Waals surface area contributed by atoms with Gasteiger partial charge in [0, 0.05) is 18.0 Å². The maximum absolute atomic E-state index is 12.8. The molecule has 0 saturated carbocycles. The Morgan fingerprint density at radius 3 is 2.59 bits per heavy atom. The molecule has 1 unspecified atom stereocenters. The molecule has 0 aromatic heterocycles. The number of hydrogen-bond acceptors (Lipinski definition) is 6. The van der Waals surface area contributed by atoms with Crippen molar-refractivity contribution in [2.75, 3.05) is 6.54 Å². The van der Waals surface area contributed by atoms with Crippen LogP contribution in [0.1, 0.15) is 31.2 Å². The molecule has 10 heteroatoms. The van der Waals surface area contributed by atoms with Gasteiger partial charge >= 0.3 is 5.97 Å². The third kappa shape index (κ3) is 4.85. The SMILES string of the molecule is O=C(O)CCCCN1C(=O)CC(N2C(=O)/C(=C/c3ccc(Cl)cc3)SC2=S)C1=O. The summed E-state index contributed by atoms with van der Waals surface area (Å²) < 4.78 is 0.231. The van der Waals surface area contributed by atoms with Crippen LogP contribution in [0.3, 0.4) is 0 Å². The first-order chi connectivity index (χ1) is 13.8. The molecule has 1 atom stereocenters. The Bertz CT molecular complexity index is 916. The molecular weight excluding hydrogens is 436 g/mol. The molecule has 2 saturated heterocycles. The molecule has 3 amide bonds. The van der Waals surface area contributed by atoms with Crippen molar-refractivity contribution in [3.63, 3.8) is 0 Å². The van der Waals surface area contributed by atoms with Gasteiger partial charge in [0.05, 0.1) is 11.3 Å². The number of carboxylic acids is 1. The van der Waals surface area contributed by atoms with Gasteiger partial charge < -0.3 is 5.11 Å². The number of halogens is 1.